The van der Waals surface area contributed by atoms with Crippen LogP contribution in [-0.4, -0.2) is 24.5 Å². The third-order valence-electron chi connectivity index (χ3n) is 6.83. The summed E-state index contributed by atoms with van der Waals surface area (Å²) in [5.41, 5.74) is 5.29. The summed E-state index contributed by atoms with van der Waals surface area (Å²) < 4.78 is 11.2. The fourth-order valence-electron chi connectivity index (χ4n) is 6.25. The quantitative estimate of drug-likeness (QED) is 0.802. The second-order valence-corrected chi connectivity index (χ2v) is 9.00. The molecule has 1 aromatic rings. The summed E-state index contributed by atoms with van der Waals surface area (Å²) in [5, 5.41) is 0. The third-order valence-corrected chi connectivity index (χ3v) is 6.83. The minimum absolute atomic E-state index is 0.0950. The van der Waals surface area contributed by atoms with Crippen LogP contribution in [-0.2, 0) is 9.59 Å². The third kappa shape index (κ3) is 3.26. The van der Waals surface area contributed by atoms with Gasteiger partial charge in [0, 0.05) is 6.42 Å². The van der Waals surface area contributed by atoms with Gasteiger partial charge >= 0.3 is 0 Å². The predicted octanol–water partition coefficient (Wildman–Crippen LogP) is 2.58. The second kappa shape index (κ2) is 6.43. The molecule has 0 aromatic heterocycles. The molecule has 4 bridgehead atoms. The molecule has 1 unspecified atom stereocenters. The van der Waals surface area contributed by atoms with Gasteiger partial charge in [0.2, 0.25) is 12.0 Å². The van der Waals surface area contributed by atoms with Crippen molar-refractivity contribution in [3.8, 4) is 11.5 Å². The van der Waals surface area contributed by atoms with Gasteiger partial charge in [-0.15, -0.1) is 0 Å². The average Bonchev–Trinajstić information content (AvgIpc) is 2.64. The lowest BCUT2D eigenvalue weighted by atomic mass is 9.49. The molecule has 4 aliphatic carbocycles. The van der Waals surface area contributed by atoms with E-state index in [9.17, 15) is 9.59 Å². The first-order valence-electron chi connectivity index (χ1n) is 10.1. The average molecular weight is 370 g/mol. The maximum Gasteiger partial charge on any atom is 0.283 e. The second-order valence-electron chi connectivity index (χ2n) is 9.00. The first kappa shape index (κ1) is 16.9. The fraction of sp³-hybridized carbons (Fsp3) is 0.619. The van der Waals surface area contributed by atoms with Crippen LogP contribution in [0.5, 0.6) is 11.5 Å². The van der Waals surface area contributed by atoms with Crippen molar-refractivity contribution in [2.24, 2.45) is 23.2 Å². The van der Waals surface area contributed by atoms with E-state index in [0.29, 0.717) is 17.9 Å². The summed E-state index contributed by atoms with van der Waals surface area (Å²) in [6, 6.07) is 7.25. The lowest BCUT2D eigenvalue weighted by molar-refractivity contribution is -0.138. The van der Waals surface area contributed by atoms with Crippen LogP contribution >= 0.6 is 0 Å². The predicted molar refractivity (Wildman–Crippen MR) is 97.9 cm³/mol. The van der Waals surface area contributed by atoms with E-state index in [0.717, 1.165) is 17.8 Å². The van der Waals surface area contributed by atoms with Crippen LogP contribution in [0.25, 0.3) is 0 Å². The molecule has 0 saturated heterocycles. The monoisotopic (exact) mass is 370 g/mol. The minimum atomic E-state index is -0.764. The standard InChI is InChI=1S/C21H26N2O4/c24-19(11-21-8-13-5-14(9-21)7-15(6-13)10-21)22-23-20(25)18-12-26-16-3-1-2-4-17(16)27-18/h1-4,13-15,18H,5-12H2,(H,22,24)(H,23,25). The molecule has 6 nitrogen and oxygen atoms in total. The van der Waals surface area contributed by atoms with Crippen molar-refractivity contribution in [3.63, 3.8) is 0 Å². The van der Waals surface area contributed by atoms with Gasteiger partial charge in [0.1, 0.15) is 6.61 Å². The number of hydrogen-bond acceptors (Lipinski definition) is 4. The Morgan fingerprint density at radius 3 is 2.26 bits per heavy atom. The Balaban J connectivity index is 1.14. The summed E-state index contributed by atoms with van der Waals surface area (Å²) in [6.45, 7) is 0.133. The van der Waals surface area contributed by atoms with Crippen LogP contribution in [0, 0.1) is 23.2 Å². The molecule has 6 heteroatoms. The Kier molecular flexibility index (Phi) is 4.02. The molecule has 5 aliphatic rings. The van der Waals surface area contributed by atoms with Crippen LogP contribution in [0.1, 0.15) is 44.9 Å². The highest BCUT2D eigenvalue weighted by Gasteiger charge is 2.51. The number of ether oxygens (including phenoxy) is 2. The Bertz CT molecular complexity index is 727. The zero-order valence-electron chi connectivity index (χ0n) is 15.4. The Morgan fingerprint density at radius 1 is 0.963 bits per heavy atom. The van der Waals surface area contributed by atoms with Crippen LogP contribution < -0.4 is 20.3 Å². The maximum absolute atomic E-state index is 12.5. The van der Waals surface area contributed by atoms with E-state index in [2.05, 4.69) is 10.9 Å². The highest BCUT2D eigenvalue weighted by Crippen LogP contribution is 2.61. The Morgan fingerprint density at radius 2 is 1.59 bits per heavy atom. The summed E-state index contributed by atoms with van der Waals surface area (Å²) >= 11 is 0. The number of amides is 2. The van der Waals surface area contributed by atoms with Gasteiger partial charge in [-0.25, -0.2) is 0 Å². The van der Waals surface area contributed by atoms with Gasteiger partial charge in [-0.05, 0) is 73.8 Å². The lowest BCUT2D eigenvalue weighted by Crippen LogP contribution is -2.53. The fourth-order valence-corrected chi connectivity index (χ4v) is 6.25. The van der Waals surface area contributed by atoms with Gasteiger partial charge in [-0.2, -0.15) is 0 Å². The molecule has 1 aliphatic heterocycles. The van der Waals surface area contributed by atoms with E-state index in [1.165, 1.54) is 38.5 Å². The van der Waals surface area contributed by atoms with Crippen LogP contribution in [0.3, 0.4) is 0 Å². The van der Waals surface area contributed by atoms with Gasteiger partial charge in [0.15, 0.2) is 11.5 Å². The van der Waals surface area contributed by atoms with Crippen molar-refractivity contribution in [3.05, 3.63) is 24.3 Å². The van der Waals surface area contributed by atoms with Gasteiger partial charge in [0.05, 0.1) is 0 Å². The molecule has 2 amide bonds. The van der Waals surface area contributed by atoms with E-state index in [1.54, 1.807) is 12.1 Å². The summed E-state index contributed by atoms with van der Waals surface area (Å²) in [7, 11) is 0. The van der Waals surface area contributed by atoms with Crippen molar-refractivity contribution < 1.29 is 19.1 Å². The van der Waals surface area contributed by atoms with Crippen molar-refractivity contribution in [1.29, 1.82) is 0 Å². The number of carbonyl (C=O) groups excluding carboxylic acids is 2. The van der Waals surface area contributed by atoms with Crippen molar-refractivity contribution >= 4 is 11.8 Å². The molecule has 1 atom stereocenters. The van der Waals surface area contributed by atoms with Crippen LogP contribution in [0.2, 0.25) is 0 Å². The first-order chi connectivity index (χ1) is 13.1. The SMILES string of the molecule is O=C(CC12CC3CC(CC(C3)C1)C2)NNC(=O)C1COc2ccccc2O1. The number of para-hydroxylation sites is 2. The zero-order chi connectivity index (χ0) is 18.4. The number of hydrazine groups is 1. The smallest absolute Gasteiger partial charge is 0.283 e. The molecule has 4 fully saturated rings. The van der Waals surface area contributed by atoms with E-state index in [-0.39, 0.29) is 23.8 Å². The van der Waals surface area contributed by atoms with E-state index >= 15 is 0 Å². The van der Waals surface area contributed by atoms with Crippen molar-refractivity contribution in [2.75, 3.05) is 6.61 Å². The largest absolute Gasteiger partial charge is 0.485 e. The number of rotatable bonds is 3. The molecule has 4 saturated carbocycles. The number of hydrogen-bond donors (Lipinski definition) is 2. The molecular weight excluding hydrogens is 344 g/mol. The van der Waals surface area contributed by atoms with Crippen LogP contribution in [0.15, 0.2) is 24.3 Å². The first-order valence-corrected chi connectivity index (χ1v) is 10.1. The highest BCUT2D eigenvalue weighted by molar-refractivity contribution is 5.85. The summed E-state index contributed by atoms with van der Waals surface area (Å²) in [4.78, 5) is 24.9. The van der Waals surface area contributed by atoms with Crippen LogP contribution in [0.4, 0.5) is 0 Å². The molecule has 2 N–H and O–H groups in total. The maximum atomic E-state index is 12.5. The molecule has 0 radical (unpaired) electrons. The minimum Gasteiger partial charge on any atom is -0.485 e. The molecule has 0 spiro atoms. The molecule has 1 aromatic carbocycles. The van der Waals surface area contributed by atoms with E-state index in [1.807, 2.05) is 12.1 Å². The summed E-state index contributed by atoms with van der Waals surface area (Å²) in [6.07, 6.45) is 7.36. The highest BCUT2D eigenvalue weighted by atomic mass is 16.6. The zero-order valence-corrected chi connectivity index (χ0v) is 15.4. The molecular formula is C21H26N2O4. The van der Waals surface area contributed by atoms with Gasteiger partial charge < -0.3 is 9.47 Å². The number of nitrogens with one attached hydrogen (secondary N) is 2. The molecule has 27 heavy (non-hydrogen) atoms. The summed E-state index contributed by atoms with van der Waals surface area (Å²) in [5.74, 6) is 3.13. The van der Waals surface area contributed by atoms with Gasteiger partial charge in [0.25, 0.3) is 5.91 Å². The van der Waals surface area contributed by atoms with E-state index in [4.69, 9.17) is 9.47 Å². The molecule has 144 valence electrons. The topological polar surface area (TPSA) is 76.7 Å². The Hall–Kier alpha value is -2.24. The number of fused-ring (bicyclic) bond motifs is 1. The van der Waals surface area contributed by atoms with Gasteiger partial charge in [-0.1, -0.05) is 12.1 Å². The lowest BCUT2D eigenvalue weighted by Gasteiger charge is -2.56. The van der Waals surface area contributed by atoms with E-state index < -0.39 is 6.10 Å². The number of benzene rings is 1. The number of carbonyl (C=O) groups is 2. The van der Waals surface area contributed by atoms with Crippen molar-refractivity contribution in [2.45, 2.75) is 51.0 Å². The molecule has 6 rings (SSSR count). The van der Waals surface area contributed by atoms with Crippen molar-refractivity contribution in [1.82, 2.24) is 10.9 Å². The normalized spacial score (nSPS) is 35.6. The molecule has 1 heterocycles. The Labute approximate surface area is 159 Å². The van der Waals surface area contributed by atoms with Gasteiger partial charge in [-0.3, -0.25) is 20.4 Å².